The maximum Gasteiger partial charge on any atom is 0.0728 e. The Hall–Kier alpha value is -0.160. The van der Waals surface area contributed by atoms with Gasteiger partial charge in [0.15, 0.2) is 0 Å². The van der Waals surface area contributed by atoms with Crippen molar-refractivity contribution in [2.45, 2.75) is 51.2 Å². The third kappa shape index (κ3) is 6.69. The van der Waals surface area contributed by atoms with Gasteiger partial charge in [0.2, 0.25) is 0 Å². The van der Waals surface area contributed by atoms with Crippen molar-refractivity contribution >= 4 is 0 Å². The Morgan fingerprint density at radius 3 is 2.78 bits per heavy atom. The first-order valence-electron chi connectivity index (χ1n) is 7.30. The van der Waals surface area contributed by atoms with Gasteiger partial charge in [0.1, 0.15) is 0 Å². The summed E-state index contributed by atoms with van der Waals surface area (Å²) in [5, 5.41) is 3.58. The van der Waals surface area contributed by atoms with Crippen LogP contribution in [0.2, 0.25) is 0 Å². The Kier molecular flexibility index (Phi) is 9.48. The first-order valence-corrected chi connectivity index (χ1v) is 7.30. The molecule has 0 heterocycles. The minimum atomic E-state index is 0.413. The van der Waals surface area contributed by atoms with Crippen molar-refractivity contribution in [1.82, 2.24) is 5.32 Å². The zero-order chi connectivity index (χ0) is 13.1. The monoisotopic (exact) mass is 259 g/mol. The number of nitrogens with one attached hydrogen (secondary N) is 1. The Bertz CT molecular complexity index is 190. The first-order chi connectivity index (χ1) is 8.88. The van der Waals surface area contributed by atoms with Crippen molar-refractivity contribution in [3.05, 3.63) is 0 Å². The summed E-state index contributed by atoms with van der Waals surface area (Å²) in [7, 11) is 1.69. The topological polar surface area (TPSA) is 39.7 Å². The summed E-state index contributed by atoms with van der Waals surface area (Å²) in [6.45, 7) is 6.23. The van der Waals surface area contributed by atoms with Crippen LogP contribution in [0.3, 0.4) is 0 Å². The molecule has 0 aromatic rings. The highest BCUT2D eigenvalue weighted by atomic mass is 16.5. The third-order valence-electron chi connectivity index (χ3n) is 3.31. The standard InChI is InChI=1S/C14H29NO3/c1-3-8-15-13-6-4-7-14(13)18-10-5-9-17-12-11-16-2/h13-15H,3-12H2,1-2H3. The number of hydrogen-bond donors (Lipinski definition) is 1. The SMILES string of the molecule is CCCNC1CCCC1OCCCOCCOC. The molecule has 1 rings (SSSR count). The maximum absolute atomic E-state index is 5.95. The smallest absolute Gasteiger partial charge is 0.0728 e. The molecule has 1 aliphatic rings. The van der Waals surface area contributed by atoms with Crippen LogP contribution in [-0.4, -0.2) is 52.2 Å². The van der Waals surface area contributed by atoms with Crippen molar-refractivity contribution in [2.24, 2.45) is 0 Å². The summed E-state index contributed by atoms with van der Waals surface area (Å²) in [5.41, 5.74) is 0. The van der Waals surface area contributed by atoms with E-state index in [2.05, 4.69) is 12.2 Å². The van der Waals surface area contributed by atoms with E-state index in [9.17, 15) is 0 Å². The number of rotatable bonds is 11. The van der Waals surface area contributed by atoms with Gasteiger partial charge in [-0.05, 0) is 38.6 Å². The average molecular weight is 259 g/mol. The summed E-state index contributed by atoms with van der Waals surface area (Å²) < 4.78 is 16.3. The molecule has 0 aliphatic heterocycles. The summed E-state index contributed by atoms with van der Waals surface area (Å²) in [5.74, 6) is 0. The largest absolute Gasteiger partial charge is 0.382 e. The molecule has 0 aromatic heterocycles. The molecule has 1 saturated carbocycles. The molecule has 2 unspecified atom stereocenters. The van der Waals surface area contributed by atoms with Gasteiger partial charge in [-0.25, -0.2) is 0 Å². The fourth-order valence-corrected chi connectivity index (χ4v) is 2.33. The second-order valence-electron chi connectivity index (χ2n) is 4.86. The molecular weight excluding hydrogens is 230 g/mol. The number of hydrogen-bond acceptors (Lipinski definition) is 4. The molecule has 0 bridgehead atoms. The highest BCUT2D eigenvalue weighted by molar-refractivity contribution is 4.83. The molecule has 1 aliphatic carbocycles. The molecule has 0 amide bonds. The molecule has 2 atom stereocenters. The Labute approximate surface area is 111 Å². The van der Waals surface area contributed by atoms with Crippen LogP contribution in [0.15, 0.2) is 0 Å². The van der Waals surface area contributed by atoms with E-state index in [1.165, 1.54) is 25.7 Å². The molecule has 4 nitrogen and oxygen atoms in total. The van der Waals surface area contributed by atoms with Crippen molar-refractivity contribution in [3.8, 4) is 0 Å². The van der Waals surface area contributed by atoms with Gasteiger partial charge >= 0.3 is 0 Å². The van der Waals surface area contributed by atoms with E-state index < -0.39 is 0 Å². The summed E-state index contributed by atoms with van der Waals surface area (Å²) in [4.78, 5) is 0. The van der Waals surface area contributed by atoms with E-state index in [-0.39, 0.29) is 0 Å². The molecule has 4 heteroatoms. The fourth-order valence-electron chi connectivity index (χ4n) is 2.33. The van der Waals surface area contributed by atoms with Crippen molar-refractivity contribution in [3.63, 3.8) is 0 Å². The van der Waals surface area contributed by atoms with E-state index in [1.54, 1.807) is 7.11 Å². The van der Waals surface area contributed by atoms with E-state index >= 15 is 0 Å². The lowest BCUT2D eigenvalue weighted by Crippen LogP contribution is -2.37. The minimum absolute atomic E-state index is 0.413. The zero-order valence-electron chi connectivity index (χ0n) is 12.0. The predicted molar refractivity (Wildman–Crippen MR) is 73.0 cm³/mol. The Morgan fingerprint density at radius 2 is 2.00 bits per heavy atom. The Balaban J connectivity index is 1.97. The maximum atomic E-state index is 5.95. The highest BCUT2D eigenvalue weighted by Crippen LogP contribution is 2.22. The van der Waals surface area contributed by atoms with Crippen LogP contribution in [0.4, 0.5) is 0 Å². The van der Waals surface area contributed by atoms with Gasteiger partial charge in [0.25, 0.3) is 0 Å². The van der Waals surface area contributed by atoms with Crippen LogP contribution in [0, 0.1) is 0 Å². The van der Waals surface area contributed by atoms with Gasteiger partial charge < -0.3 is 19.5 Å². The van der Waals surface area contributed by atoms with Gasteiger partial charge in [-0.1, -0.05) is 6.92 Å². The van der Waals surface area contributed by atoms with E-state index in [4.69, 9.17) is 14.2 Å². The second kappa shape index (κ2) is 10.7. The summed E-state index contributed by atoms with van der Waals surface area (Å²) in [6.07, 6.45) is 6.32. The molecule has 1 fully saturated rings. The molecule has 18 heavy (non-hydrogen) atoms. The lowest BCUT2D eigenvalue weighted by Gasteiger charge is -2.21. The molecular formula is C14H29NO3. The molecule has 0 saturated heterocycles. The van der Waals surface area contributed by atoms with Gasteiger partial charge in [-0.15, -0.1) is 0 Å². The zero-order valence-corrected chi connectivity index (χ0v) is 12.0. The van der Waals surface area contributed by atoms with Crippen LogP contribution in [0.25, 0.3) is 0 Å². The minimum Gasteiger partial charge on any atom is -0.382 e. The van der Waals surface area contributed by atoms with E-state index in [0.717, 1.165) is 26.2 Å². The lowest BCUT2D eigenvalue weighted by atomic mass is 10.2. The normalized spacial score (nSPS) is 23.7. The van der Waals surface area contributed by atoms with Crippen molar-refractivity contribution in [1.29, 1.82) is 0 Å². The van der Waals surface area contributed by atoms with Gasteiger partial charge in [-0.2, -0.15) is 0 Å². The quantitative estimate of drug-likeness (QED) is 0.576. The molecule has 0 radical (unpaired) electrons. The molecule has 1 N–H and O–H groups in total. The molecule has 108 valence electrons. The van der Waals surface area contributed by atoms with Crippen molar-refractivity contribution < 1.29 is 14.2 Å². The van der Waals surface area contributed by atoms with Crippen molar-refractivity contribution in [2.75, 3.05) is 40.1 Å². The van der Waals surface area contributed by atoms with Gasteiger partial charge in [-0.3, -0.25) is 0 Å². The summed E-state index contributed by atoms with van der Waals surface area (Å²) in [6, 6.07) is 0.569. The van der Waals surface area contributed by atoms with E-state index in [0.29, 0.717) is 25.4 Å². The third-order valence-corrected chi connectivity index (χ3v) is 3.31. The van der Waals surface area contributed by atoms with Crippen LogP contribution in [0.1, 0.15) is 39.0 Å². The average Bonchev–Trinajstić information content (AvgIpc) is 2.83. The molecule has 0 aromatic carbocycles. The van der Waals surface area contributed by atoms with Crippen LogP contribution in [0.5, 0.6) is 0 Å². The highest BCUT2D eigenvalue weighted by Gasteiger charge is 2.26. The van der Waals surface area contributed by atoms with Gasteiger partial charge in [0.05, 0.1) is 19.3 Å². The second-order valence-corrected chi connectivity index (χ2v) is 4.86. The van der Waals surface area contributed by atoms with Crippen LogP contribution in [-0.2, 0) is 14.2 Å². The first kappa shape index (κ1) is 15.9. The number of ether oxygens (including phenoxy) is 3. The molecule has 0 spiro atoms. The van der Waals surface area contributed by atoms with Crippen LogP contribution >= 0.6 is 0 Å². The predicted octanol–water partition coefficient (Wildman–Crippen LogP) is 1.98. The van der Waals surface area contributed by atoms with Crippen LogP contribution < -0.4 is 5.32 Å². The Morgan fingerprint density at radius 1 is 1.11 bits per heavy atom. The lowest BCUT2D eigenvalue weighted by molar-refractivity contribution is 0.0160. The summed E-state index contributed by atoms with van der Waals surface area (Å²) >= 11 is 0. The van der Waals surface area contributed by atoms with E-state index in [1.807, 2.05) is 0 Å². The fraction of sp³-hybridized carbons (Fsp3) is 1.00. The number of methoxy groups -OCH3 is 1. The van der Waals surface area contributed by atoms with Gasteiger partial charge in [0, 0.05) is 26.4 Å².